The summed E-state index contributed by atoms with van der Waals surface area (Å²) in [6, 6.07) is 11.0. The second-order valence-corrected chi connectivity index (χ2v) is 5.21. The van der Waals surface area contributed by atoms with Crippen molar-refractivity contribution < 1.29 is 5.11 Å². The molecule has 0 amide bonds. The quantitative estimate of drug-likeness (QED) is 0.819. The van der Waals surface area contributed by atoms with E-state index in [-0.39, 0.29) is 6.10 Å². The van der Waals surface area contributed by atoms with Crippen LogP contribution in [0, 0.1) is 0 Å². The van der Waals surface area contributed by atoms with Gasteiger partial charge in [0.05, 0.1) is 6.10 Å². The van der Waals surface area contributed by atoms with E-state index < -0.39 is 0 Å². The first kappa shape index (κ1) is 14.2. The normalized spacial score (nSPS) is 15.2. The molecule has 1 aromatic rings. The minimum atomic E-state index is -0.264. The summed E-state index contributed by atoms with van der Waals surface area (Å²) in [7, 11) is 0. The van der Waals surface area contributed by atoms with Crippen molar-refractivity contribution in [3.63, 3.8) is 0 Å². The molecule has 1 rings (SSSR count). The van der Waals surface area contributed by atoms with Crippen LogP contribution in [0.2, 0.25) is 0 Å². The van der Waals surface area contributed by atoms with E-state index in [9.17, 15) is 5.11 Å². The third kappa shape index (κ3) is 4.88. The largest absolute Gasteiger partial charge is 0.392 e. The molecule has 2 unspecified atom stereocenters. The number of nitrogens with zero attached hydrogens (tertiary/aromatic N) is 1. The molecule has 0 spiro atoms. The van der Waals surface area contributed by atoms with Crippen LogP contribution in [-0.4, -0.2) is 35.2 Å². The highest BCUT2D eigenvalue weighted by molar-refractivity contribution is 5.19. The van der Waals surface area contributed by atoms with E-state index in [0.29, 0.717) is 12.0 Å². The third-order valence-corrected chi connectivity index (χ3v) is 3.11. The van der Waals surface area contributed by atoms with Gasteiger partial charge in [0.2, 0.25) is 0 Å². The molecule has 0 bridgehead atoms. The monoisotopic (exact) mass is 235 g/mol. The highest BCUT2D eigenvalue weighted by Gasteiger charge is 2.16. The van der Waals surface area contributed by atoms with Gasteiger partial charge in [0.25, 0.3) is 0 Å². The van der Waals surface area contributed by atoms with E-state index in [1.54, 1.807) is 0 Å². The lowest BCUT2D eigenvalue weighted by atomic mass is 10.00. The van der Waals surface area contributed by atoms with Gasteiger partial charge < -0.3 is 5.11 Å². The zero-order valence-electron chi connectivity index (χ0n) is 11.4. The fourth-order valence-electron chi connectivity index (χ4n) is 2.07. The molecule has 0 aliphatic carbocycles. The summed E-state index contributed by atoms with van der Waals surface area (Å²) in [4.78, 5) is 2.34. The average Bonchev–Trinajstić information content (AvgIpc) is 2.28. The Balaban J connectivity index is 2.61. The Kier molecular flexibility index (Phi) is 5.66. The molecule has 0 radical (unpaired) electrons. The van der Waals surface area contributed by atoms with Gasteiger partial charge in [-0.3, -0.25) is 4.90 Å². The molecular weight excluding hydrogens is 210 g/mol. The molecule has 0 saturated carbocycles. The van der Waals surface area contributed by atoms with Gasteiger partial charge in [-0.25, -0.2) is 0 Å². The maximum atomic E-state index is 9.51. The van der Waals surface area contributed by atoms with Crippen LogP contribution in [0.1, 0.15) is 39.2 Å². The molecule has 0 fully saturated rings. The topological polar surface area (TPSA) is 23.5 Å². The number of hydrogen-bond donors (Lipinski definition) is 1. The lowest BCUT2D eigenvalue weighted by Crippen LogP contribution is -2.39. The molecule has 96 valence electrons. The van der Waals surface area contributed by atoms with Crippen LogP contribution in [-0.2, 0) is 0 Å². The van der Waals surface area contributed by atoms with Gasteiger partial charge in [0, 0.05) is 19.1 Å². The number of rotatable bonds is 6. The Morgan fingerprint density at radius 1 is 1.00 bits per heavy atom. The van der Waals surface area contributed by atoms with E-state index in [2.05, 4.69) is 49.9 Å². The van der Waals surface area contributed by atoms with Crippen LogP contribution in [0.5, 0.6) is 0 Å². The smallest absolute Gasteiger partial charge is 0.0639 e. The van der Waals surface area contributed by atoms with Gasteiger partial charge in [-0.1, -0.05) is 37.3 Å². The fraction of sp³-hybridized carbons (Fsp3) is 0.600. The first-order chi connectivity index (χ1) is 8.00. The van der Waals surface area contributed by atoms with Crippen molar-refractivity contribution >= 4 is 0 Å². The van der Waals surface area contributed by atoms with E-state index in [1.165, 1.54) is 5.56 Å². The van der Waals surface area contributed by atoms with Crippen molar-refractivity contribution in [2.24, 2.45) is 0 Å². The summed E-state index contributed by atoms with van der Waals surface area (Å²) in [5.74, 6) is 0.498. The van der Waals surface area contributed by atoms with Gasteiger partial charge in [0.1, 0.15) is 0 Å². The van der Waals surface area contributed by atoms with Gasteiger partial charge in [-0.2, -0.15) is 0 Å². The SMILES string of the molecule is CC(O)CN(CC(C)c1ccccc1)C(C)C. The maximum Gasteiger partial charge on any atom is 0.0639 e. The van der Waals surface area contributed by atoms with E-state index in [4.69, 9.17) is 0 Å². The molecule has 2 nitrogen and oxygen atoms in total. The summed E-state index contributed by atoms with van der Waals surface area (Å²) in [5, 5.41) is 9.51. The first-order valence-electron chi connectivity index (χ1n) is 6.47. The molecule has 2 atom stereocenters. The van der Waals surface area contributed by atoms with Crippen LogP contribution in [0.4, 0.5) is 0 Å². The Hall–Kier alpha value is -0.860. The minimum Gasteiger partial charge on any atom is -0.392 e. The summed E-state index contributed by atoms with van der Waals surface area (Å²) in [6.45, 7) is 10.2. The van der Waals surface area contributed by atoms with Crippen LogP contribution in [0.15, 0.2) is 30.3 Å². The van der Waals surface area contributed by atoms with Crippen molar-refractivity contribution in [1.82, 2.24) is 4.90 Å². The van der Waals surface area contributed by atoms with E-state index in [1.807, 2.05) is 13.0 Å². The summed E-state index contributed by atoms with van der Waals surface area (Å²) in [6.07, 6.45) is -0.264. The minimum absolute atomic E-state index is 0.264. The Labute approximate surface area is 105 Å². The molecule has 0 saturated heterocycles. The lowest BCUT2D eigenvalue weighted by Gasteiger charge is -2.30. The summed E-state index contributed by atoms with van der Waals surface area (Å²) >= 11 is 0. The fourth-order valence-corrected chi connectivity index (χ4v) is 2.07. The molecule has 1 N–H and O–H groups in total. The molecule has 0 aliphatic heterocycles. The van der Waals surface area contributed by atoms with E-state index >= 15 is 0 Å². The van der Waals surface area contributed by atoms with Crippen LogP contribution < -0.4 is 0 Å². The third-order valence-electron chi connectivity index (χ3n) is 3.11. The average molecular weight is 235 g/mol. The highest BCUT2D eigenvalue weighted by Crippen LogP contribution is 2.17. The number of aliphatic hydroxyl groups is 1. The Morgan fingerprint density at radius 2 is 1.59 bits per heavy atom. The number of benzene rings is 1. The molecule has 0 aliphatic rings. The number of hydrogen-bond acceptors (Lipinski definition) is 2. The van der Waals surface area contributed by atoms with Crippen LogP contribution in [0.25, 0.3) is 0 Å². The van der Waals surface area contributed by atoms with Crippen molar-refractivity contribution in [2.75, 3.05) is 13.1 Å². The van der Waals surface area contributed by atoms with E-state index in [0.717, 1.165) is 13.1 Å². The zero-order valence-corrected chi connectivity index (χ0v) is 11.4. The van der Waals surface area contributed by atoms with Gasteiger partial charge >= 0.3 is 0 Å². The summed E-state index contributed by atoms with van der Waals surface area (Å²) in [5.41, 5.74) is 1.36. The second-order valence-electron chi connectivity index (χ2n) is 5.21. The maximum absolute atomic E-state index is 9.51. The Morgan fingerprint density at radius 3 is 2.06 bits per heavy atom. The standard InChI is InChI=1S/C15H25NO/c1-12(2)16(11-14(4)17)10-13(3)15-8-6-5-7-9-15/h5-9,12-14,17H,10-11H2,1-4H3. The molecule has 1 aromatic carbocycles. The molecule has 0 aromatic heterocycles. The molecular formula is C15H25NO. The predicted molar refractivity (Wildman–Crippen MR) is 73.2 cm³/mol. The highest BCUT2D eigenvalue weighted by atomic mass is 16.3. The lowest BCUT2D eigenvalue weighted by molar-refractivity contribution is 0.104. The van der Waals surface area contributed by atoms with Crippen LogP contribution >= 0.6 is 0 Å². The number of aliphatic hydroxyl groups excluding tert-OH is 1. The van der Waals surface area contributed by atoms with Crippen molar-refractivity contribution in [3.8, 4) is 0 Å². The molecule has 0 heterocycles. The first-order valence-corrected chi connectivity index (χ1v) is 6.47. The predicted octanol–water partition coefficient (Wildman–Crippen LogP) is 2.88. The van der Waals surface area contributed by atoms with Crippen molar-refractivity contribution in [2.45, 2.75) is 45.8 Å². The Bertz CT molecular complexity index is 308. The van der Waals surface area contributed by atoms with Gasteiger partial charge in [-0.05, 0) is 32.3 Å². The molecule has 2 heteroatoms. The van der Waals surface area contributed by atoms with Crippen molar-refractivity contribution in [1.29, 1.82) is 0 Å². The second kappa shape index (κ2) is 6.77. The van der Waals surface area contributed by atoms with Crippen molar-refractivity contribution in [3.05, 3.63) is 35.9 Å². The van der Waals surface area contributed by atoms with Gasteiger partial charge in [-0.15, -0.1) is 0 Å². The summed E-state index contributed by atoms with van der Waals surface area (Å²) < 4.78 is 0. The zero-order chi connectivity index (χ0) is 12.8. The van der Waals surface area contributed by atoms with Crippen LogP contribution in [0.3, 0.4) is 0 Å². The van der Waals surface area contributed by atoms with Gasteiger partial charge in [0.15, 0.2) is 0 Å². The molecule has 17 heavy (non-hydrogen) atoms.